The lowest BCUT2D eigenvalue weighted by atomic mass is 10.1. The monoisotopic (exact) mass is 327 g/mol. The Morgan fingerprint density at radius 2 is 2.09 bits per heavy atom. The molecule has 118 valence electrons. The number of benzene rings is 1. The van der Waals surface area contributed by atoms with Crippen LogP contribution < -0.4 is 10.1 Å². The van der Waals surface area contributed by atoms with E-state index in [1.165, 1.54) is 11.8 Å². The van der Waals surface area contributed by atoms with Crippen LogP contribution in [0.4, 0.5) is 5.82 Å². The van der Waals surface area contributed by atoms with E-state index in [1.54, 1.807) is 12.3 Å². The van der Waals surface area contributed by atoms with Crippen molar-refractivity contribution in [1.82, 2.24) is 10.3 Å². The highest BCUT2D eigenvalue weighted by Crippen LogP contribution is 2.25. The molecule has 1 aromatic carbocycles. The van der Waals surface area contributed by atoms with Gasteiger partial charge in [-0.3, -0.25) is 4.79 Å². The zero-order chi connectivity index (χ0) is 16.1. The summed E-state index contributed by atoms with van der Waals surface area (Å²) in [4.78, 5) is 20.6. The van der Waals surface area contributed by atoms with Crippen LogP contribution in [0.2, 0.25) is 0 Å². The average Bonchev–Trinajstić information content (AvgIpc) is 2.90. The van der Waals surface area contributed by atoms with Crippen molar-refractivity contribution in [3.8, 4) is 5.75 Å². The van der Waals surface area contributed by atoms with E-state index in [0.717, 1.165) is 11.3 Å². The number of aliphatic imine (C=N–C) groups is 1. The van der Waals surface area contributed by atoms with Crippen molar-refractivity contribution >= 4 is 28.7 Å². The molecule has 3 rings (SSSR count). The Balaban J connectivity index is 1.65. The van der Waals surface area contributed by atoms with Gasteiger partial charge in [0.2, 0.25) is 5.91 Å². The SMILES string of the molecule is CCOc1ccc(C[C@@H]2S/C(=N/c3ccccn3)NC2=O)cc1. The number of rotatable bonds is 5. The fourth-order valence-corrected chi connectivity index (χ4v) is 3.24. The number of carbonyl (C=O) groups excluding carboxylic acids is 1. The Hall–Kier alpha value is -2.34. The molecule has 0 saturated carbocycles. The average molecular weight is 327 g/mol. The van der Waals surface area contributed by atoms with Gasteiger partial charge in [-0.2, -0.15) is 0 Å². The fraction of sp³-hybridized carbons (Fsp3) is 0.235. The molecule has 1 aromatic heterocycles. The Kier molecular flexibility index (Phi) is 4.92. The highest BCUT2D eigenvalue weighted by Gasteiger charge is 2.30. The summed E-state index contributed by atoms with van der Waals surface area (Å²) >= 11 is 1.44. The molecule has 1 fully saturated rings. The van der Waals surface area contributed by atoms with E-state index in [1.807, 2.05) is 43.3 Å². The molecule has 23 heavy (non-hydrogen) atoms. The van der Waals surface area contributed by atoms with Crippen molar-refractivity contribution in [3.05, 3.63) is 54.2 Å². The number of hydrogen-bond donors (Lipinski definition) is 1. The molecule has 2 heterocycles. The molecule has 0 bridgehead atoms. The lowest BCUT2D eigenvalue weighted by Gasteiger charge is -2.07. The summed E-state index contributed by atoms with van der Waals surface area (Å²) in [6, 6.07) is 13.3. The van der Waals surface area contributed by atoms with Gasteiger partial charge in [0.05, 0.1) is 11.9 Å². The first-order chi connectivity index (χ1) is 11.2. The molecule has 2 aromatic rings. The third-order valence-corrected chi connectivity index (χ3v) is 4.38. The molecule has 0 spiro atoms. The zero-order valence-corrected chi connectivity index (χ0v) is 13.5. The second-order valence-electron chi connectivity index (χ2n) is 4.98. The van der Waals surface area contributed by atoms with Crippen LogP contribution in [-0.2, 0) is 11.2 Å². The molecule has 5 nitrogen and oxygen atoms in total. The Bertz CT molecular complexity index is 702. The minimum Gasteiger partial charge on any atom is -0.494 e. The maximum absolute atomic E-state index is 12.1. The number of amidine groups is 1. The maximum Gasteiger partial charge on any atom is 0.239 e. The van der Waals surface area contributed by atoms with E-state index in [-0.39, 0.29) is 11.2 Å². The van der Waals surface area contributed by atoms with Gasteiger partial charge in [-0.15, -0.1) is 0 Å². The van der Waals surface area contributed by atoms with Gasteiger partial charge in [-0.25, -0.2) is 9.98 Å². The number of nitrogens with zero attached hydrogens (tertiary/aromatic N) is 2. The molecule has 0 unspecified atom stereocenters. The smallest absolute Gasteiger partial charge is 0.239 e. The van der Waals surface area contributed by atoms with E-state index >= 15 is 0 Å². The van der Waals surface area contributed by atoms with Gasteiger partial charge in [-0.1, -0.05) is 30.0 Å². The highest BCUT2D eigenvalue weighted by atomic mass is 32.2. The number of aromatic nitrogens is 1. The number of carbonyl (C=O) groups is 1. The summed E-state index contributed by atoms with van der Waals surface area (Å²) in [5, 5.41) is 3.24. The molecule has 6 heteroatoms. The number of amides is 1. The van der Waals surface area contributed by atoms with Gasteiger partial charge >= 0.3 is 0 Å². The summed E-state index contributed by atoms with van der Waals surface area (Å²) in [5.41, 5.74) is 1.10. The standard InChI is InChI=1S/C17H17N3O2S/c1-2-22-13-8-6-12(7-9-13)11-14-16(21)20-17(23-14)19-15-5-3-4-10-18-15/h3-10,14H,2,11H2,1H3,(H,18,19,20,21)/t14-/m0/s1. The summed E-state index contributed by atoms with van der Waals surface area (Å²) in [6.45, 7) is 2.60. The van der Waals surface area contributed by atoms with Gasteiger partial charge < -0.3 is 10.1 Å². The predicted octanol–water partition coefficient (Wildman–Crippen LogP) is 2.94. The van der Waals surface area contributed by atoms with Crippen LogP contribution in [0.5, 0.6) is 5.75 Å². The molecule has 1 aliphatic heterocycles. The highest BCUT2D eigenvalue weighted by molar-refractivity contribution is 8.15. The number of pyridine rings is 1. The molecular formula is C17H17N3O2S. The second kappa shape index (κ2) is 7.28. The van der Waals surface area contributed by atoms with Gasteiger partial charge in [0.1, 0.15) is 5.75 Å². The Morgan fingerprint density at radius 1 is 1.26 bits per heavy atom. The van der Waals surface area contributed by atoms with E-state index in [2.05, 4.69) is 15.3 Å². The summed E-state index contributed by atoms with van der Waals surface area (Å²) in [6.07, 6.45) is 2.34. The first-order valence-electron chi connectivity index (χ1n) is 7.43. The molecule has 1 amide bonds. The quantitative estimate of drug-likeness (QED) is 0.917. The van der Waals surface area contributed by atoms with Crippen LogP contribution in [-0.4, -0.2) is 27.9 Å². The van der Waals surface area contributed by atoms with Crippen molar-refractivity contribution in [1.29, 1.82) is 0 Å². The predicted molar refractivity (Wildman–Crippen MR) is 92.2 cm³/mol. The lowest BCUT2D eigenvalue weighted by molar-refractivity contribution is -0.118. The molecule has 1 saturated heterocycles. The van der Waals surface area contributed by atoms with E-state index < -0.39 is 0 Å². The fourth-order valence-electron chi connectivity index (χ4n) is 2.22. The van der Waals surface area contributed by atoms with Crippen LogP contribution in [0.25, 0.3) is 0 Å². The van der Waals surface area contributed by atoms with Gasteiger partial charge in [0.15, 0.2) is 11.0 Å². The first-order valence-corrected chi connectivity index (χ1v) is 8.31. The summed E-state index contributed by atoms with van der Waals surface area (Å²) in [7, 11) is 0. The van der Waals surface area contributed by atoms with Crippen LogP contribution in [0.3, 0.4) is 0 Å². The maximum atomic E-state index is 12.1. The first kappa shape index (κ1) is 15.6. The van der Waals surface area contributed by atoms with E-state index in [0.29, 0.717) is 24.0 Å². The Labute approximate surface area is 139 Å². The molecule has 0 aliphatic carbocycles. The van der Waals surface area contributed by atoms with Crippen molar-refractivity contribution in [2.45, 2.75) is 18.6 Å². The minimum absolute atomic E-state index is 0.0152. The van der Waals surface area contributed by atoms with Crippen molar-refractivity contribution < 1.29 is 9.53 Å². The van der Waals surface area contributed by atoms with Crippen molar-refractivity contribution in [2.24, 2.45) is 4.99 Å². The van der Waals surface area contributed by atoms with E-state index in [4.69, 9.17) is 4.74 Å². The number of nitrogens with one attached hydrogen (secondary N) is 1. The number of thioether (sulfide) groups is 1. The van der Waals surface area contributed by atoms with Crippen LogP contribution in [0.15, 0.2) is 53.7 Å². The zero-order valence-electron chi connectivity index (χ0n) is 12.7. The molecular weight excluding hydrogens is 310 g/mol. The summed E-state index contributed by atoms with van der Waals surface area (Å²) in [5.74, 6) is 1.42. The topological polar surface area (TPSA) is 63.6 Å². The summed E-state index contributed by atoms with van der Waals surface area (Å²) < 4.78 is 5.42. The van der Waals surface area contributed by atoms with Crippen LogP contribution in [0, 0.1) is 0 Å². The minimum atomic E-state index is -0.171. The third kappa shape index (κ3) is 4.10. The molecule has 1 N–H and O–H groups in total. The molecule has 0 radical (unpaired) electrons. The van der Waals surface area contributed by atoms with E-state index in [9.17, 15) is 4.79 Å². The van der Waals surface area contributed by atoms with Crippen LogP contribution in [0.1, 0.15) is 12.5 Å². The normalized spacial score (nSPS) is 18.9. The molecule has 1 aliphatic rings. The van der Waals surface area contributed by atoms with Gasteiger partial charge in [0.25, 0.3) is 0 Å². The molecule has 1 atom stereocenters. The van der Waals surface area contributed by atoms with Gasteiger partial charge in [-0.05, 0) is 43.2 Å². The second-order valence-corrected chi connectivity index (χ2v) is 6.17. The van der Waals surface area contributed by atoms with Crippen molar-refractivity contribution in [2.75, 3.05) is 6.61 Å². The number of ether oxygens (including phenoxy) is 1. The van der Waals surface area contributed by atoms with Crippen LogP contribution >= 0.6 is 11.8 Å². The third-order valence-electron chi connectivity index (χ3n) is 3.30. The largest absolute Gasteiger partial charge is 0.494 e. The lowest BCUT2D eigenvalue weighted by Crippen LogP contribution is -2.25. The van der Waals surface area contributed by atoms with Crippen molar-refractivity contribution in [3.63, 3.8) is 0 Å². The Morgan fingerprint density at radius 3 is 2.78 bits per heavy atom. The number of hydrogen-bond acceptors (Lipinski definition) is 5. The van der Waals surface area contributed by atoms with Gasteiger partial charge in [0, 0.05) is 6.20 Å².